The summed E-state index contributed by atoms with van der Waals surface area (Å²) in [6.07, 6.45) is 0. The molecule has 24 heavy (non-hydrogen) atoms. The van der Waals surface area contributed by atoms with Crippen molar-refractivity contribution in [3.05, 3.63) is 0 Å². The Balaban J connectivity index is -0.0000000779. The molecule has 0 saturated heterocycles. The minimum Gasteiger partial charge on any atom is -1.00 e. The molecule has 0 aliphatic rings. The molecule has 0 N–H and O–H groups in total. The van der Waals surface area contributed by atoms with Gasteiger partial charge in [0.1, 0.15) is 5.50 Å². The lowest BCUT2D eigenvalue weighted by Gasteiger charge is -2.29. The SMILES string of the molecule is C.CCSC(N(C)C)N(C)C.CN(C)C(=S)N(C)C.FB(F)F.[F-]. The van der Waals surface area contributed by atoms with Gasteiger partial charge in [-0.05, 0) is 46.2 Å². The Labute approximate surface area is 156 Å². The van der Waals surface area contributed by atoms with Gasteiger partial charge in [-0.25, -0.2) is 0 Å². The van der Waals surface area contributed by atoms with E-state index >= 15 is 0 Å². The van der Waals surface area contributed by atoms with Crippen molar-refractivity contribution in [1.82, 2.24) is 19.6 Å². The van der Waals surface area contributed by atoms with Crippen LogP contribution in [0.5, 0.6) is 0 Å². The van der Waals surface area contributed by atoms with Gasteiger partial charge in [0.15, 0.2) is 5.11 Å². The average Bonchev–Trinajstić information content (AvgIpc) is 2.33. The van der Waals surface area contributed by atoms with E-state index in [4.69, 9.17) is 12.2 Å². The van der Waals surface area contributed by atoms with Gasteiger partial charge in [-0.2, -0.15) is 0 Å². The summed E-state index contributed by atoms with van der Waals surface area (Å²) >= 11 is 6.90. The molecular weight excluding hydrogens is 363 g/mol. The maximum atomic E-state index is 9.67. The highest BCUT2D eigenvalue weighted by atomic mass is 32.2. The molecule has 0 spiro atoms. The Bertz CT molecular complexity index is 254. The molecule has 0 saturated carbocycles. The van der Waals surface area contributed by atoms with Gasteiger partial charge in [-0.1, -0.05) is 14.4 Å². The number of hydrogen-bond acceptors (Lipinski definition) is 4. The number of nitrogens with zero attached hydrogens (tertiary/aromatic N) is 4. The maximum absolute atomic E-state index is 9.67. The normalized spacial score (nSPS) is 8.96. The van der Waals surface area contributed by atoms with Crippen LogP contribution in [0.15, 0.2) is 0 Å². The van der Waals surface area contributed by atoms with Gasteiger partial charge in [0.05, 0.1) is 0 Å². The Hall–Kier alpha value is -0.255. The molecule has 0 fully saturated rings. The summed E-state index contributed by atoms with van der Waals surface area (Å²) in [4.78, 5) is 8.23. The molecule has 4 nitrogen and oxygen atoms in total. The van der Waals surface area contributed by atoms with Crippen molar-refractivity contribution in [3.8, 4) is 0 Å². The van der Waals surface area contributed by atoms with Crippen LogP contribution in [-0.2, 0) is 0 Å². The summed E-state index contributed by atoms with van der Waals surface area (Å²) in [6.45, 7) is 2.19. The van der Waals surface area contributed by atoms with E-state index in [0.29, 0.717) is 5.50 Å². The highest BCUT2D eigenvalue weighted by molar-refractivity contribution is 7.99. The maximum Gasteiger partial charge on any atom is 0.762 e. The zero-order valence-corrected chi connectivity index (χ0v) is 17.1. The van der Waals surface area contributed by atoms with Crippen molar-refractivity contribution >= 4 is 36.6 Å². The van der Waals surface area contributed by atoms with Gasteiger partial charge in [0.25, 0.3) is 0 Å². The molecule has 150 valence electrons. The zero-order chi connectivity index (χ0) is 18.5. The van der Waals surface area contributed by atoms with Gasteiger partial charge in [0, 0.05) is 28.2 Å². The molecule has 0 aromatic carbocycles. The summed E-state index contributed by atoms with van der Waals surface area (Å²) in [5.74, 6) is 1.17. The fourth-order valence-corrected chi connectivity index (χ4v) is 2.20. The second kappa shape index (κ2) is 20.8. The third kappa shape index (κ3) is 26.6. The molecule has 0 rings (SSSR count). The van der Waals surface area contributed by atoms with E-state index in [1.54, 1.807) is 0 Å². The molecule has 0 atom stereocenters. The van der Waals surface area contributed by atoms with Crippen LogP contribution < -0.4 is 4.70 Å². The monoisotopic (exact) mass is 397 g/mol. The second-order valence-electron chi connectivity index (χ2n) is 5.03. The molecule has 0 aromatic heterocycles. The summed E-state index contributed by atoms with van der Waals surface area (Å²) in [5.41, 5.74) is 0.519. The summed E-state index contributed by atoms with van der Waals surface area (Å²) in [7, 11) is 12.5. The van der Waals surface area contributed by atoms with E-state index in [1.165, 1.54) is 5.75 Å². The van der Waals surface area contributed by atoms with Crippen molar-refractivity contribution < 1.29 is 17.7 Å². The topological polar surface area (TPSA) is 13.0 Å². The first-order valence-corrected chi connectivity index (χ1v) is 8.09. The van der Waals surface area contributed by atoms with E-state index in [1.807, 2.05) is 49.8 Å². The van der Waals surface area contributed by atoms with Crippen molar-refractivity contribution in [2.24, 2.45) is 0 Å². The van der Waals surface area contributed by atoms with E-state index in [-0.39, 0.29) is 12.1 Å². The summed E-state index contributed by atoms with van der Waals surface area (Å²) in [5, 5.41) is 0.852. The van der Waals surface area contributed by atoms with Gasteiger partial charge >= 0.3 is 7.54 Å². The van der Waals surface area contributed by atoms with Crippen LogP contribution >= 0.6 is 24.0 Å². The molecule has 0 radical (unpaired) electrons. The standard InChI is InChI=1S/C7H18N2S.C5H12N2S.CH4.BF3.FH/c1-6-10-7(8(2)3)9(4)5;1-6(2)5(8)7(3)4;;2-1(3)4;/h7H,6H2,1-5H3;1-4H3;1H4;;1H/p-1. The number of hydrogen-bond donors (Lipinski definition) is 0. The molecule has 0 amide bonds. The lowest BCUT2D eigenvalue weighted by atomic mass is 10.5. The Morgan fingerprint density at radius 3 is 1.21 bits per heavy atom. The highest BCUT2D eigenvalue weighted by Crippen LogP contribution is 2.13. The number of rotatable bonds is 4. The predicted molar refractivity (Wildman–Crippen MR) is 105 cm³/mol. The van der Waals surface area contributed by atoms with Crippen LogP contribution in [0.25, 0.3) is 0 Å². The minimum absolute atomic E-state index is 0. The fourth-order valence-electron chi connectivity index (χ4n) is 1.31. The van der Waals surface area contributed by atoms with Crippen molar-refractivity contribution in [2.45, 2.75) is 19.8 Å². The highest BCUT2D eigenvalue weighted by Gasteiger charge is 2.11. The Morgan fingerprint density at radius 1 is 0.917 bits per heavy atom. The van der Waals surface area contributed by atoms with Gasteiger partial charge in [0.2, 0.25) is 0 Å². The van der Waals surface area contributed by atoms with Crippen LogP contribution in [0.4, 0.5) is 12.9 Å². The van der Waals surface area contributed by atoms with Gasteiger partial charge in [-0.3, -0.25) is 22.7 Å². The zero-order valence-electron chi connectivity index (χ0n) is 15.5. The second-order valence-corrected chi connectivity index (χ2v) is 6.73. The van der Waals surface area contributed by atoms with Gasteiger partial charge in [-0.15, -0.1) is 11.8 Å². The van der Waals surface area contributed by atoms with Crippen molar-refractivity contribution in [3.63, 3.8) is 0 Å². The smallest absolute Gasteiger partial charge is 0.762 e. The largest absolute Gasteiger partial charge is 1.00 e. The fraction of sp³-hybridized carbons (Fsp3) is 0.923. The van der Waals surface area contributed by atoms with Crippen molar-refractivity contribution in [1.29, 1.82) is 0 Å². The number of thioether (sulfide) groups is 1. The van der Waals surface area contributed by atoms with Crippen LogP contribution in [0, 0.1) is 0 Å². The average molecular weight is 397 g/mol. The molecule has 0 bridgehead atoms. The van der Waals surface area contributed by atoms with E-state index in [2.05, 4.69) is 44.9 Å². The third-order valence-electron chi connectivity index (χ3n) is 1.96. The quantitative estimate of drug-likeness (QED) is 0.286. The Kier molecular flexibility index (Phi) is 30.3. The van der Waals surface area contributed by atoms with E-state index in [0.717, 1.165) is 5.11 Å². The molecule has 0 unspecified atom stereocenters. The molecule has 0 aliphatic carbocycles. The molecule has 0 aromatic rings. The number of thiocarbonyl (C=S) groups is 1. The molecule has 0 aliphatic heterocycles. The first-order chi connectivity index (χ1) is 9.88. The minimum atomic E-state index is -3.67. The molecular formula is C13H34BF4N4S2-. The molecule has 0 heterocycles. The summed E-state index contributed by atoms with van der Waals surface area (Å²) < 4.78 is 29.0. The third-order valence-corrected chi connectivity index (χ3v) is 4.17. The lowest BCUT2D eigenvalue weighted by Crippen LogP contribution is -3.00. The van der Waals surface area contributed by atoms with Crippen LogP contribution in [0.3, 0.4) is 0 Å². The van der Waals surface area contributed by atoms with E-state index < -0.39 is 7.54 Å². The van der Waals surface area contributed by atoms with Crippen LogP contribution in [-0.4, -0.2) is 99.9 Å². The van der Waals surface area contributed by atoms with Crippen LogP contribution in [0.1, 0.15) is 14.4 Å². The van der Waals surface area contributed by atoms with Crippen molar-refractivity contribution in [2.75, 3.05) is 62.1 Å². The van der Waals surface area contributed by atoms with Gasteiger partial charge < -0.3 is 14.5 Å². The Morgan fingerprint density at radius 2 is 1.17 bits per heavy atom. The first-order valence-electron chi connectivity index (χ1n) is 6.63. The van der Waals surface area contributed by atoms with Crippen LogP contribution in [0.2, 0.25) is 0 Å². The molecule has 11 heteroatoms. The predicted octanol–water partition coefficient (Wildman–Crippen LogP) is 0.0607. The first kappa shape index (κ1) is 35.0. The number of halogens is 4. The lowest BCUT2D eigenvalue weighted by molar-refractivity contribution is -0.00000820. The summed E-state index contributed by atoms with van der Waals surface area (Å²) in [6, 6.07) is 0. The van der Waals surface area contributed by atoms with E-state index in [9.17, 15) is 12.9 Å².